The minimum Gasteiger partial charge on any atom is -0.237 e. The van der Waals surface area contributed by atoms with E-state index >= 15 is 0 Å². The fourth-order valence-corrected chi connectivity index (χ4v) is 2.14. The molecule has 6 heteroatoms. The van der Waals surface area contributed by atoms with Gasteiger partial charge in [-0.15, -0.1) is 0 Å². The highest BCUT2D eigenvalue weighted by molar-refractivity contribution is 7.71. The Bertz CT molecular complexity index is 674. The Balaban J connectivity index is 2.51. The van der Waals surface area contributed by atoms with Crippen LogP contribution in [0.4, 0.5) is 4.39 Å². The second-order valence-electron chi connectivity index (χ2n) is 4.75. The van der Waals surface area contributed by atoms with Gasteiger partial charge < -0.3 is 0 Å². The van der Waals surface area contributed by atoms with Crippen LogP contribution in [-0.4, -0.2) is 18.4 Å². The van der Waals surface area contributed by atoms with Crippen molar-refractivity contribution in [2.75, 3.05) is 0 Å². The number of rotatable bonds is 4. The molecule has 1 heterocycles. The number of thiol groups is 1. The summed E-state index contributed by atoms with van der Waals surface area (Å²) >= 11 is 0. The highest BCUT2D eigenvalue weighted by Gasteiger charge is 2.10. The first-order valence-corrected chi connectivity index (χ1v) is 7.57. The first-order chi connectivity index (χ1) is 9.45. The van der Waals surface area contributed by atoms with E-state index in [1.54, 1.807) is 18.2 Å². The summed E-state index contributed by atoms with van der Waals surface area (Å²) in [7, 11) is -2.58. The molecule has 0 fully saturated rings. The quantitative estimate of drug-likeness (QED) is 0.880. The molecule has 2 rings (SSSR count). The van der Waals surface area contributed by atoms with Crippen LogP contribution in [0.1, 0.15) is 31.3 Å². The standard InChI is InChI=1S/C14H15FN2O2S/c1-9(2)12-7-13(10-3-5-11(15)6-4-10)17-14(16-12)8-20(18)19/h3-7,9,20H,8H2,1-2H3. The lowest BCUT2D eigenvalue weighted by Gasteiger charge is -2.09. The minimum absolute atomic E-state index is 0.153. The van der Waals surface area contributed by atoms with Crippen LogP contribution in [-0.2, 0) is 16.5 Å². The van der Waals surface area contributed by atoms with E-state index in [0.717, 1.165) is 11.3 Å². The van der Waals surface area contributed by atoms with E-state index in [-0.39, 0.29) is 23.3 Å². The smallest absolute Gasteiger partial charge is 0.147 e. The van der Waals surface area contributed by atoms with Gasteiger partial charge in [0.2, 0.25) is 0 Å². The predicted octanol–water partition coefficient (Wildman–Crippen LogP) is 2.52. The molecule has 106 valence electrons. The van der Waals surface area contributed by atoms with Gasteiger partial charge in [-0.25, -0.2) is 22.8 Å². The molecule has 4 nitrogen and oxygen atoms in total. The van der Waals surface area contributed by atoms with Crippen molar-refractivity contribution < 1.29 is 12.8 Å². The maximum Gasteiger partial charge on any atom is 0.147 e. The molecule has 2 aromatic rings. The minimum atomic E-state index is -2.58. The van der Waals surface area contributed by atoms with Crippen LogP contribution >= 0.6 is 0 Å². The average molecular weight is 294 g/mol. The summed E-state index contributed by atoms with van der Waals surface area (Å²) in [6, 6.07) is 7.73. The summed E-state index contributed by atoms with van der Waals surface area (Å²) in [5, 5.41) is 0. The molecule has 0 unspecified atom stereocenters. The molecule has 0 spiro atoms. The van der Waals surface area contributed by atoms with E-state index in [2.05, 4.69) is 9.97 Å². The van der Waals surface area contributed by atoms with Gasteiger partial charge in [-0.05, 0) is 36.2 Å². The van der Waals surface area contributed by atoms with Crippen molar-refractivity contribution in [3.05, 3.63) is 47.7 Å². The highest BCUT2D eigenvalue weighted by atomic mass is 32.2. The number of hydrogen-bond donors (Lipinski definition) is 1. The van der Waals surface area contributed by atoms with Crippen LogP contribution in [0.5, 0.6) is 0 Å². The Morgan fingerprint density at radius 3 is 2.35 bits per heavy atom. The molecule has 0 amide bonds. The van der Waals surface area contributed by atoms with E-state index in [1.165, 1.54) is 12.1 Å². The second kappa shape index (κ2) is 6.09. The third kappa shape index (κ3) is 3.60. The van der Waals surface area contributed by atoms with Crippen LogP contribution in [0, 0.1) is 5.82 Å². The van der Waals surface area contributed by atoms with Crippen LogP contribution in [0.2, 0.25) is 0 Å². The third-order valence-corrected chi connectivity index (χ3v) is 3.34. The van der Waals surface area contributed by atoms with Gasteiger partial charge in [0.1, 0.15) is 28.1 Å². The van der Waals surface area contributed by atoms with Gasteiger partial charge in [0.05, 0.1) is 5.69 Å². The Labute approximate surface area is 118 Å². The Morgan fingerprint density at radius 1 is 1.15 bits per heavy atom. The molecular formula is C14H15FN2O2S. The lowest BCUT2D eigenvalue weighted by atomic mass is 10.1. The van der Waals surface area contributed by atoms with Gasteiger partial charge in [-0.1, -0.05) is 13.8 Å². The third-order valence-electron chi connectivity index (χ3n) is 2.79. The summed E-state index contributed by atoms with van der Waals surface area (Å²) in [6.45, 7) is 3.94. The van der Waals surface area contributed by atoms with E-state index in [4.69, 9.17) is 0 Å². The van der Waals surface area contributed by atoms with Gasteiger partial charge in [0, 0.05) is 11.3 Å². The Kier molecular flexibility index (Phi) is 4.44. The van der Waals surface area contributed by atoms with Crippen molar-refractivity contribution in [1.82, 2.24) is 9.97 Å². The molecular weight excluding hydrogens is 279 g/mol. The fraction of sp³-hybridized carbons (Fsp3) is 0.286. The van der Waals surface area contributed by atoms with Gasteiger partial charge in [0.15, 0.2) is 0 Å². The molecule has 0 aliphatic carbocycles. The molecule has 0 radical (unpaired) electrons. The maximum atomic E-state index is 12.9. The van der Waals surface area contributed by atoms with Crippen molar-refractivity contribution in [3.8, 4) is 11.3 Å². The highest BCUT2D eigenvalue weighted by Crippen LogP contribution is 2.22. The molecule has 20 heavy (non-hydrogen) atoms. The number of nitrogens with zero attached hydrogens (tertiary/aromatic N) is 2. The van der Waals surface area contributed by atoms with Crippen LogP contribution in [0.25, 0.3) is 11.3 Å². The summed E-state index contributed by atoms with van der Waals surface area (Å²) in [5.41, 5.74) is 2.11. The summed E-state index contributed by atoms with van der Waals surface area (Å²) in [4.78, 5) is 8.49. The van der Waals surface area contributed by atoms with Crippen LogP contribution < -0.4 is 0 Å². The summed E-state index contributed by atoms with van der Waals surface area (Å²) in [6.07, 6.45) is 0. The maximum absolute atomic E-state index is 12.9. The van der Waals surface area contributed by atoms with E-state index in [0.29, 0.717) is 5.69 Å². The topological polar surface area (TPSA) is 59.9 Å². The normalized spacial score (nSPS) is 11.2. The summed E-state index contributed by atoms with van der Waals surface area (Å²) < 4.78 is 34.6. The molecule has 0 N–H and O–H groups in total. The molecule has 0 aliphatic heterocycles. The first kappa shape index (κ1) is 14.6. The largest absolute Gasteiger partial charge is 0.237 e. The summed E-state index contributed by atoms with van der Waals surface area (Å²) in [5.74, 6) is -0.0914. The van der Waals surface area contributed by atoms with Crippen molar-refractivity contribution in [2.24, 2.45) is 0 Å². The number of benzene rings is 1. The zero-order valence-corrected chi connectivity index (χ0v) is 12.1. The van der Waals surface area contributed by atoms with E-state index in [9.17, 15) is 12.8 Å². The second-order valence-corrected chi connectivity index (χ2v) is 5.73. The van der Waals surface area contributed by atoms with Gasteiger partial charge in [0.25, 0.3) is 0 Å². The van der Waals surface area contributed by atoms with Gasteiger partial charge >= 0.3 is 0 Å². The number of halogens is 1. The lowest BCUT2D eigenvalue weighted by molar-refractivity contribution is 0.612. The SMILES string of the molecule is CC(C)c1cc(-c2ccc(F)cc2)nc(C[SH](=O)=O)n1. The van der Waals surface area contributed by atoms with Crippen LogP contribution in [0.15, 0.2) is 30.3 Å². The lowest BCUT2D eigenvalue weighted by Crippen LogP contribution is -2.03. The van der Waals surface area contributed by atoms with Crippen LogP contribution in [0.3, 0.4) is 0 Å². The first-order valence-electron chi connectivity index (χ1n) is 6.21. The molecule has 0 saturated heterocycles. The Hall–Kier alpha value is -1.82. The number of hydrogen-bond acceptors (Lipinski definition) is 4. The molecule has 0 bridgehead atoms. The fourth-order valence-electron chi connectivity index (χ4n) is 1.77. The molecule has 0 saturated carbocycles. The molecule has 1 aromatic heterocycles. The zero-order valence-electron chi connectivity index (χ0n) is 11.2. The van der Waals surface area contributed by atoms with Crippen molar-refractivity contribution in [3.63, 3.8) is 0 Å². The van der Waals surface area contributed by atoms with Gasteiger partial charge in [-0.3, -0.25) is 0 Å². The number of aromatic nitrogens is 2. The Morgan fingerprint density at radius 2 is 1.80 bits per heavy atom. The van der Waals surface area contributed by atoms with Gasteiger partial charge in [-0.2, -0.15) is 0 Å². The van der Waals surface area contributed by atoms with Crippen molar-refractivity contribution in [2.45, 2.75) is 25.5 Å². The van der Waals surface area contributed by atoms with E-state index in [1.807, 2.05) is 13.8 Å². The molecule has 1 aromatic carbocycles. The van der Waals surface area contributed by atoms with E-state index < -0.39 is 10.7 Å². The molecule has 0 aliphatic rings. The zero-order chi connectivity index (χ0) is 14.7. The average Bonchev–Trinajstić information content (AvgIpc) is 2.38. The predicted molar refractivity (Wildman–Crippen MR) is 75.5 cm³/mol. The van der Waals surface area contributed by atoms with Crippen molar-refractivity contribution >= 4 is 10.7 Å². The van der Waals surface area contributed by atoms with Crippen molar-refractivity contribution in [1.29, 1.82) is 0 Å². The molecule has 0 atom stereocenters. The monoisotopic (exact) mass is 294 g/mol.